The minimum absolute atomic E-state index is 0.00130. The fourth-order valence-corrected chi connectivity index (χ4v) is 2.25. The van der Waals surface area contributed by atoms with Gasteiger partial charge >= 0.3 is 5.69 Å². The first-order valence-corrected chi connectivity index (χ1v) is 7.68. The zero-order valence-electron chi connectivity index (χ0n) is 13.9. The molecule has 0 saturated heterocycles. The van der Waals surface area contributed by atoms with Gasteiger partial charge in [-0.25, -0.2) is 4.79 Å². The lowest BCUT2D eigenvalue weighted by Crippen LogP contribution is -2.45. The van der Waals surface area contributed by atoms with E-state index in [-0.39, 0.29) is 12.1 Å². The molecular formula is C16H18ClN3O4. The van der Waals surface area contributed by atoms with Gasteiger partial charge in [-0.15, -0.1) is 5.06 Å². The molecule has 0 spiro atoms. The predicted octanol–water partition coefficient (Wildman–Crippen LogP) is 1.78. The molecule has 0 atom stereocenters. The molecule has 1 aromatic heterocycles. The maximum Gasteiger partial charge on any atom is 0.330 e. The van der Waals surface area contributed by atoms with Gasteiger partial charge in [0.2, 0.25) is 0 Å². The minimum atomic E-state index is -0.605. The first-order chi connectivity index (χ1) is 11.3. The Balaban J connectivity index is 2.62. The van der Waals surface area contributed by atoms with Crippen molar-refractivity contribution >= 4 is 23.2 Å². The Morgan fingerprint density at radius 1 is 1.17 bits per heavy atom. The molecule has 8 heteroatoms. The smallest absolute Gasteiger partial charge is 0.330 e. The lowest BCUT2D eigenvalue weighted by Gasteiger charge is -2.24. The van der Waals surface area contributed by atoms with E-state index in [1.807, 2.05) is 0 Å². The Labute approximate surface area is 143 Å². The van der Waals surface area contributed by atoms with Crippen LogP contribution in [0.2, 0.25) is 5.02 Å². The van der Waals surface area contributed by atoms with Crippen molar-refractivity contribution in [3.63, 3.8) is 0 Å². The molecule has 0 radical (unpaired) electrons. The summed E-state index contributed by atoms with van der Waals surface area (Å²) >= 11 is 5.84. The number of hydrogen-bond donors (Lipinski definition) is 0. The number of rotatable bonds is 4. The zero-order chi connectivity index (χ0) is 18.0. The fraction of sp³-hybridized carbons (Fsp3) is 0.312. The van der Waals surface area contributed by atoms with Crippen LogP contribution in [0.1, 0.15) is 19.0 Å². The first-order valence-electron chi connectivity index (χ1n) is 7.31. The van der Waals surface area contributed by atoms with Gasteiger partial charge in [-0.2, -0.15) is 0 Å². The monoisotopic (exact) mass is 351 g/mol. The normalized spacial score (nSPS) is 10.5. The summed E-state index contributed by atoms with van der Waals surface area (Å²) < 4.78 is 2.22. The van der Waals surface area contributed by atoms with Crippen LogP contribution in [0, 0.1) is 6.92 Å². The van der Waals surface area contributed by atoms with Crippen molar-refractivity contribution in [3.8, 4) is 5.75 Å². The van der Waals surface area contributed by atoms with Crippen molar-refractivity contribution in [2.75, 3.05) is 5.06 Å². The van der Waals surface area contributed by atoms with Gasteiger partial charge in [0.05, 0.1) is 5.69 Å². The molecule has 1 amide bonds. The number of aromatic nitrogens is 2. The quantitative estimate of drug-likeness (QED) is 0.787. The SMILES string of the molecule is CCC(=O)N(Oc1ccc(Cl)cc1)c1c(C)n(C)c(=O)n(C)c1=O. The summed E-state index contributed by atoms with van der Waals surface area (Å²) in [5.74, 6) is -0.0692. The van der Waals surface area contributed by atoms with Crippen LogP contribution < -0.4 is 21.1 Å². The topological polar surface area (TPSA) is 73.5 Å². The third-order valence-electron chi connectivity index (χ3n) is 3.67. The molecule has 128 valence electrons. The minimum Gasteiger partial charge on any atom is -0.372 e. The molecule has 0 unspecified atom stereocenters. The van der Waals surface area contributed by atoms with E-state index in [4.69, 9.17) is 16.4 Å². The van der Waals surface area contributed by atoms with Crippen LogP contribution in [-0.2, 0) is 18.9 Å². The first kappa shape index (κ1) is 17.8. The van der Waals surface area contributed by atoms with Gasteiger partial charge in [0.15, 0.2) is 11.4 Å². The van der Waals surface area contributed by atoms with Crippen LogP contribution in [0.25, 0.3) is 0 Å². The van der Waals surface area contributed by atoms with Crippen LogP contribution in [0.5, 0.6) is 5.75 Å². The summed E-state index contributed by atoms with van der Waals surface area (Å²) in [4.78, 5) is 42.5. The molecule has 1 heterocycles. The van der Waals surface area contributed by atoms with E-state index in [1.165, 1.54) is 18.7 Å². The van der Waals surface area contributed by atoms with Crippen molar-refractivity contribution in [3.05, 3.63) is 55.8 Å². The summed E-state index contributed by atoms with van der Waals surface area (Å²) in [6, 6.07) is 6.38. The lowest BCUT2D eigenvalue weighted by atomic mass is 10.3. The summed E-state index contributed by atoms with van der Waals surface area (Å²) in [6.45, 7) is 3.24. The third-order valence-corrected chi connectivity index (χ3v) is 3.92. The molecule has 0 N–H and O–H groups in total. The van der Waals surface area contributed by atoms with E-state index >= 15 is 0 Å². The van der Waals surface area contributed by atoms with Gasteiger partial charge < -0.3 is 4.84 Å². The average Bonchev–Trinajstić information content (AvgIpc) is 2.58. The van der Waals surface area contributed by atoms with E-state index in [0.29, 0.717) is 16.5 Å². The highest BCUT2D eigenvalue weighted by Crippen LogP contribution is 2.21. The second kappa shape index (κ2) is 6.92. The van der Waals surface area contributed by atoms with E-state index < -0.39 is 17.2 Å². The van der Waals surface area contributed by atoms with Crippen LogP contribution in [0.3, 0.4) is 0 Å². The van der Waals surface area contributed by atoms with Gasteiger partial charge in [-0.05, 0) is 31.2 Å². The number of anilines is 1. The van der Waals surface area contributed by atoms with Crippen molar-refractivity contribution in [2.45, 2.75) is 20.3 Å². The van der Waals surface area contributed by atoms with E-state index in [0.717, 1.165) is 9.63 Å². The Hall–Kier alpha value is -2.54. The van der Waals surface area contributed by atoms with Crippen LogP contribution in [0.15, 0.2) is 33.9 Å². The second-order valence-electron chi connectivity index (χ2n) is 5.23. The molecule has 0 aliphatic rings. The van der Waals surface area contributed by atoms with Crippen molar-refractivity contribution in [1.29, 1.82) is 0 Å². The Kier molecular flexibility index (Phi) is 5.14. The summed E-state index contributed by atoms with van der Waals surface area (Å²) in [7, 11) is 2.88. The molecule has 0 aliphatic carbocycles. The van der Waals surface area contributed by atoms with E-state index in [1.54, 1.807) is 38.1 Å². The van der Waals surface area contributed by atoms with Crippen LogP contribution in [0.4, 0.5) is 5.69 Å². The van der Waals surface area contributed by atoms with Gasteiger partial charge in [-0.1, -0.05) is 18.5 Å². The van der Waals surface area contributed by atoms with Gasteiger partial charge in [-0.3, -0.25) is 18.7 Å². The highest BCUT2D eigenvalue weighted by atomic mass is 35.5. The maximum absolute atomic E-state index is 12.5. The number of amides is 1. The number of carbonyl (C=O) groups is 1. The van der Waals surface area contributed by atoms with Crippen LogP contribution in [-0.4, -0.2) is 15.0 Å². The molecule has 0 bridgehead atoms. The molecular weight excluding hydrogens is 334 g/mol. The average molecular weight is 352 g/mol. The number of hydroxylamine groups is 1. The molecule has 1 aromatic carbocycles. The number of nitrogens with zero attached hydrogens (tertiary/aromatic N) is 3. The van der Waals surface area contributed by atoms with Crippen molar-refractivity contribution in [2.24, 2.45) is 14.1 Å². The Morgan fingerprint density at radius 2 is 1.75 bits per heavy atom. The zero-order valence-corrected chi connectivity index (χ0v) is 14.6. The Morgan fingerprint density at radius 3 is 2.29 bits per heavy atom. The van der Waals surface area contributed by atoms with Crippen molar-refractivity contribution in [1.82, 2.24) is 9.13 Å². The van der Waals surface area contributed by atoms with E-state index in [2.05, 4.69) is 0 Å². The molecule has 2 rings (SSSR count). The highest BCUT2D eigenvalue weighted by Gasteiger charge is 2.25. The number of hydrogen-bond acceptors (Lipinski definition) is 4. The maximum atomic E-state index is 12.5. The number of benzene rings is 1. The van der Waals surface area contributed by atoms with Gasteiger partial charge in [0.25, 0.3) is 11.5 Å². The standard InChI is InChI=1S/C16H18ClN3O4/c1-5-13(21)20(24-12-8-6-11(17)7-9-12)14-10(2)18(3)16(23)19(4)15(14)22/h6-9H,5H2,1-4H3. The highest BCUT2D eigenvalue weighted by molar-refractivity contribution is 6.30. The molecule has 7 nitrogen and oxygen atoms in total. The summed E-state index contributed by atoms with van der Waals surface area (Å²) in [6.07, 6.45) is 0.124. The number of carbonyl (C=O) groups excluding carboxylic acids is 1. The second-order valence-corrected chi connectivity index (χ2v) is 5.66. The molecule has 24 heavy (non-hydrogen) atoms. The molecule has 0 saturated carbocycles. The molecule has 0 aliphatic heterocycles. The third kappa shape index (κ3) is 3.21. The van der Waals surface area contributed by atoms with Gasteiger partial charge in [0, 0.05) is 25.5 Å². The summed E-state index contributed by atoms with van der Waals surface area (Å²) in [5.41, 5.74) is -0.747. The van der Waals surface area contributed by atoms with Crippen molar-refractivity contribution < 1.29 is 9.63 Å². The molecule has 0 fully saturated rings. The largest absolute Gasteiger partial charge is 0.372 e. The summed E-state index contributed by atoms with van der Waals surface area (Å²) in [5, 5.41) is 1.45. The predicted molar refractivity (Wildman–Crippen MR) is 91.5 cm³/mol. The van der Waals surface area contributed by atoms with Crippen LogP contribution >= 0.6 is 11.6 Å². The van der Waals surface area contributed by atoms with Gasteiger partial charge in [0.1, 0.15) is 0 Å². The number of halogens is 1. The molecule has 2 aromatic rings. The van der Waals surface area contributed by atoms with E-state index in [9.17, 15) is 14.4 Å². The Bertz CT molecular complexity index is 884. The lowest BCUT2D eigenvalue weighted by molar-refractivity contribution is -0.122. The fourth-order valence-electron chi connectivity index (χ4n) is 2.13.